The van der Waals surface area contributed by atoms with Gasteiger partial charge in [-0.05, 0) is 90.8 Å². The van der Waals surface area contributed by atoms with Crippen molar-refractivity contribution in [1.82, 2.24) is 39.0 Å². The zero-order valence-electron chi connectivity index (χ0n) is 43.2. The second-order valence-corrected chi connectivity index (χ2v) is 19.8. The van der Waals surface area contributed by atoms with E-state index in [4.69, 9.17) is 29.9 Å². The lowest BCUT2D eigenvalue weighted by atomic mass is 9.93. The fourth-order valence-corrected chi connectivity index (χ4v) is 11.0. The molecule has 0 bridgehead atoms. The summed E-state index contributed by atoms with van der Waals surface area (Å²) in [6, 6.07) is 77.4. The van der Waals surface area contributed by atoms with Gasteiger partial charge in [0, 0.05) is 60.5 Å². The molecule has 0 spiro atoms. The van der Waals surface area contributed by atoms with Crippen LogP contribution in [0.1, 0.15) is 16.7 Å². The minimum atomic E-state index is -4.58. The Balaban J connectivity index is 1.01. The Bertz CT molecular complexity index is 4440. The predicted molar refractivity (Wildman–Crippen MR) is 314 cm³/mol. The van der Waals surface area contributed by atoms with Crippen LogP contribution in [-0.4, -0.2) is 39.0 Å². The van der Waals surface area contributed by atoms with Gasteiger partial charge in [0.1, 0.15) is 0 Å². The number of benzene rings is 10. The third-order valence-corrected chi connectivity index (χ3v) is 14.8. The number of aryl methyl sites for hydroxylation is 1. The average molecular weight is 1050 g/mol. The number of fused-ring (bicyclic) bond motifs is 6. The normalized spacial score (nSPS) is 11.7. The smallest absolute Gasteiger partial charge is 0.308 e. The number of rotatable bonds is 9. The molecule has 12 heteroatoms. The Morgan fingerprint density at radius 2 is 0.704 bits per heavy atom. The van der Waals surface area contributed by atoms with Crippen LogP contribution in [0.2, 0.25) is 0 Å². The van der Waals surface area contributed by atoms with Crippen LogP contribution in [0.15, 0.2) is 237 Å². The lowest BCUT2D eigenvalue weighted by molar-refractivity contribution is -0.137. The van der Waals surface area contributed by atoms with Crippen molar-refractivity contribution in [1.29, 1.82) is 5.26 Å². The van der Waals surface area contributed by atoms with E-state index in [-0.39, 0.29) is 0 Å². The second-order valence-electron chi connectivity index (χ2n) is 19.8. The van der Waals surface area contributed by atoms with Gasteiger partial charge in [-0.1, -0.05) is 164 Å². The molecule has 4 aromatic heterocycles. The summed E-state index contributed by atoms with van der Waals surface area (Å²) in [4.78, 5) is 30.0. The number of halogens is 3. The van der Waals surface area contributed by atoms with E-state index in [2.05, 4.69) is 39.5 Å². The van der Waals surface area contributed by atoms with Crippen LogP contribution in [0.5, 0.6) is 0 Å². The van der Waals surface area contributed by atoms with Crippen molar-refractivity contribution < 1.29 is 13.2 Å². The topological polar surface area (TPSA) is 111 Å². The maximum absolute atomic E-state index is 14.6. The molecule has 384 valence electrons. The van der Waals surface area contributed by atoms with Gasteiger partial charge in [-0.15, -0.1) is 0 Å². The first-order valence-electron chi connectivity index (χ1n) is 26.2. The maximum Gasteiger partial charge on any atom is 0.416 e. The molecular formula is C69H42F3N9. The largest absolute Gasteiger partial charge is 0.416 e. The summed E-state index contributed by atoms with van der Waals surface area (Å²) in [7, 11) is 0. The number of alkyl halides is 3. The van der Waals surface area contributed by atoms with E-state index >= 15 is 0 Å². The van der Waals surface area contributed by atoms with Crippen LogP contribution in [0.25, 0.3) is 134 Å². The Labute approximate surface area is 462 Å². The zero-order chi connectivity index (χ0) is 54.8. The van der Waals surface area contributed by atoms with Gasteiger partial charge in [0.25, 0.3) is 0 Å². The van der Waals surface area contributed by atoms with E-state index in [0.717, 1.165) is 83.1 Å². The van der Waals surface area contributed by atoms with Crippen LogP contribution in [-0.2, 0) is 6.18 Å². The Kier molecular flexibility index (Phi) is 11.7. The molecule has 0 aliphatic heterocycles. The van der Waals surface area contributed by atoms with E-state index in [9.17, 15) is 18.4 Å². The molecule has 0 aliphatic carbocycles. The molecule has 14 rings (SSSR count). The van der Waals surface area contributed by atoms with Gasteiger partial charge < -0.3 is 9.13 Å². The summed E-state index contributed by atoms with van der Waals surface area (Å²) in [5, 5.41) is 14.6. The summed E-state index contributed by atoms with van der Waals surface area (Å²) in [5.74, 6) is 3.08. The van der Waals surface area contributed by atoms with Crippen molar-refractivity contribution in [3.8, 4) is 96.9 Å². The Morgan fingerprint density at radius 3 is 1.06 bits per heavy atom. The molecule has 0 amide bonds. The van der Waals surface area contributed by atoms with Gasteiger partial charge in [-0.3, -0.25) is 0 Å². The predicted octanol–water partition coefficient (Wildman–Crippen LogP) is 17.1. The fraction of sp³-hybridized carbons (Fsp3) is 0.0290. The molecule has 0 saturated carbocycles. The van der Waals surface area contributed by atoms with Crippen LogP contribution in [0.4, 0.5) is 13.2 Å². The standard InChI is InChI=1S/C69H42F3N9/c1-42-36-50(69(70,71)72)32-33-51(42)62-60(80-56-28-16-14-26-52(56)54-39-48(30-34-58(54)80)67-76-63(44-18-6-2-7-19-44)74-64(77-67)45-20-8-3-9-21-45)37-43(41-73)38-61(62)81-57-29-17-15-27-53(57)55-40-49(31-35-59(55)81)68-78-65(46-22-10-4-11-23-46)75-66(79-68)47-24-12-5-13-25-47/h2-40H,1H3. The first kappa shape index (κ1) is 48.5. The van der Waals surface area contributed by atoms with Crippen LogP contribution < -0.4 is 0 Å². The Morgan fingerprint density at radius 1 is 0.358 bits per heavy atom. The van der Waals surface area contributed by atoms with E-state index < -0.39 is 11.7 Å². The number of nitriles is 1. The van der Waals surface area contributed by atoms with Crippen molar-refractivity contribution in [3.05, 3.63) is 253 Å². The van der Waals surface area contributed by atoms with Gasteiger partial charge >= 0.3 is 6.18 Å². The van der Waals surface area contributed by atoms with Gasteiger partial charge in [-0.25, -0.2) is 29.9 Å². The molecule has 0 fully saturated rings. The van der Waals surface area contributed by atoms with E-state index in [0.29, 0.717) is 68.6 Å². The quantitative estimate of drug-likeness (QED) is 0.142. The van der Waals surface area contributed by atoms with Gasteiger partial charge in [0.15, 0.2) is 34.9 Å². The minimum absolute atomic E-state index is 0.345. The third-order valence-electron chi connectivity index (χ3n) is 14.8. The highest BCUT2D eigenvalue weighted by Crippen LogP contribution is 2.46. The number of para-hydroxylation sites is 2. The average Bonchev–Trinajstić information content (AvgIpc) is 4.07. The van der Waals surface area contributed by atoms with E-state index in [1.54, 1.807) is 13.0 Å². The zero-order valence-corrected chi connectivity index (χ0v) is 43.2. The molecule has 9 nitrogen and oxygen atoms in total. The summed E-state index contributed by atoms with van der Waals surface area (Å²) in [5.41, 5.74) is 10.5. The molecule has 4 heterocycles. The lowest BCUT2D eigenvalue weighted by Crippen LogP contribution is -2.08. The summed E-state index contributed by atoms with van der Waals surface area (Å²) < 4.78 is 48.0. The summed E-state index contributed by atoms with van der Waals surface area (Å²) in [6.45, 7) is 1.71. The van der Waals surface area contributed by atoms with Gasteiger partial charge in [0.05, 0.1) is 50.6 Å². The first-order chi connectivity index (χ1) is 39.6. The van der Waals surface area contributed by atoms with Crippen molar-refractivity contribution in [2.24, 2.45) is 0 Å². The van der Waals surface area contributed by atoms with Gasteiger partial charge in [-0.2, -0.15) is 18.4 Å². The van der Waals surface area contributed by atoms with E-state index in [1.807, 2.05) is 194 Å². The van der Waals surface area contributed by atoms with Crippen LogP contribution in [0, 0.1) is 18.3 Å². The molecule has 0 unspecified atom stereocenters. The Hall–Kier alpha value is -10.9. The number of hydrogen-bond acceptors (Lipinski definition) is 7. The number of hydrogen-bond donors (Lipinski definition) is 0. The molecule has 10 aromatic carbocycles. The molecule has 14 aromatic rings. The van der Waals surface area contributed by atoms with Gasteiger partial charge in [0.2, 0.25) is 0 Å². The highest BCUT2D eigenvalue weighted by molar-refractivity contribution is 6.13. The lowest BCUT2D eigenvalue weighted by Gasteiger charge is -2.22. The summed E-state index contributed by atoms with van der Waals surface area (Å²) in [6.07, 6.45) is -4.58. The maximum atomic E-state index is 14.6. The monoisotopic (exact) mass is 1050 g/mol. The molecule has 0 aliphatic rings. The fourth-order valence-electron chi connectivity index (χ4n) is 11.0. The van der Waals surface area contributed by atoms with Crippen LogP contribution >= 0.6 is 0 Å². The first-order valence-corrected chi connectivity index (χ1v) is 26.2. The van der Waals surface area contributed by atoms with Crippen molar-refractivity contribution in [3.63, 3.8) is 0 Å². The van der Waals surface area contributed by atoms with Crippen molar-refractivity contribution >= 4 is 43.6 Å². The molecular weight excluding hydrogens is 1010 g/mol. The van der Waals surface area contributed by atoms with Crippen LogP contribution in [0.3, 0.4) is 0 Å². The highest BCUT2D eigenvalue weighted by atomic mass is 19.4. The highest BCUT2D eigenvalue weighted by Gasteiger charge is 2.32. The van der Waals surface area contributed by atoms with E-state index in [1.165, 1.54) is 6.07 Å². The van der Waals surface area contributed by atoms with Crippen molar-refractivity contribution in [2.45, 2.75) is 13.1 Å². The molecule has 0 atom stereocenters. The molecule has 0 N–H and O–H groups in total. The minimum Gasteiger partial charge on any atom is -0.308 e. The number of nitrogens with zero attached hydrogens (tertiary/aromatic N) is 9. The van der Waals surface area contributed by atoms with Crippen molar-refractivity contribution in [2.75, 3.05) is 0 Å². The summed E-state index contributed by atoms with van der Waals surface area (Å²) >= 11 is 0. The second kappa shape index (κ2) is 19.5. The number of aromatic nitrogens is 8. The molecule has 0 radical (unpaired) electrons. The third kappa shape index (κ3) is 8.61. The molecule has 81 heavy (non-hydrogen) atoms. The SMILES string of the molecule is Cc1cc(C(F)(F)F)ccc1-c1c(-n2c3ccccc3c3cc(-c4nc(-c5ccccc5)nc(-c5ccccc5)n4)ccc32)cc(C#N)cc1-n1c2ccccc2c2cc(-c3nc(-c4ccccc4)nc(-c4ccccc4)n3)ccc21. The molecule has 0 saturated heterocycles.